The van der Waals surface area contributed by atoms with E-state index in [2.05, 4.69) is 49.1 Å². The third-order valence-electron chi connectivity index (χ3n) is 5.06. The Morgan fingerprint density at radius 2 is 1.83 bits per heavy atom. The van der Waals surface area contributed by atoms with Crippen LogP contribution in [0.1, 0.15) is 32.8 Å². The number of benzene rings is 1. The summed E-state index contributed by atoms with van der Waals surface area (Å²) in [5.74, 6) is 0.966. The summed E-state index contributed by atoms with van der Waals surface area (Å²) in [4.78, 5) is 16.8. The van der Waals surface area contributed by atoms with E-state index in [4.69, 9.17) is 5.73 Å². The molecule has 2 rings (SSSR count). The van der Waals surface area contributed by atoms with Gasteiger partial charge in [0.25, 0.3) is 0 Å². The number of rotatable bonds is 5. The lowest BCUT2D eigenvalue weighted by Gasteiger charge is -2.46. The molecular formula is C19H31N3O. The molecular weight excluding hydrogens is 286 g/mol. The van der Waals surface area contributed by atoms with Crippen molar-refractivity contribution in [3.05, 3.63) is 35.9 Å². The number of likely N-dealkylation sites (N-methyl/N-ethyl adjacent to an activating group) is 1. The summed E-state index contributed by atoms with van der Waals surface area (Å²) in [6.45, 7) is 9.48. The van der Waals surface area contributed by atoms with Crippen LogP contribution in [0, 0.1) is 11.8 Å². The second-order valence-electron chi connectivity index (χ2n) is 7.09. The summed E-state index contributed by atoms with van der Waals surface area (Å²) < 4.78 is 0. The van der Waals surface area contributed by atoms with Gasteiger partial charge in [-0.05, 0) is 23.8 Å². The summed E-state index contributed by atoms with van der Waals surface area (Å²) in [6.07, 6.45) is 0.693. The van der Waals surface area contributed by atoms with Crippen LogP contribution in [0.5, 0.6) is 0 Å². The van der Waals surface area contributed by atoms with Gasteiger partial charge in [-0.15, -0.1) is 0 Å². The molecule has 1 heterocycles. The molecule has 0 aromatic heterocycles. The van der Waals surface area contributed by atoms with Crippen molar-refractivity contribution in [1.82, 2.24) is 9.80 Å². The third kappa shape index (κ3) is 4.33. The molecule has 0 spiro atoms. The average Bonchev–Trinajstić information content (AvgIpc) is 2.53. The molecule has 1 saturated heterocycles. The molecule has 1 aromatic rings. The van der Waals surface area contributed by atoms with Crippen LogP contribution >= 0.6 is 0 Å². The van der Waals surface area contributed by atoms with Gasteiger partial charge in [-0.1, -0.05) is 51.1 Å². The van der Waals surface area contributed by atoms with Crippen LogP contribution in [0.3, 0.4) is 0 Å². The van der Waals surface area contributed by atoms with E-state index in [1.165, 1.54) is 5.56 Å². The normalized spacial score (nSPS) is 26.7. The van der Waals surface area contributed by atoms with Crippen molar-refractivity contribution in [1.29, 1.82) is 0 Å². The number of carbonyl (C=O) groups excluding carboxylic acids is 1. The van der Waals surface area contributed by atoms with Crippen LogP contribution in [-0.4, -0.2) is 47.9 Å². The minimum Gasteiger partial charge on any atom is -0.341 e. The number of hydrogen-bond donors (Lipinski definition) is 1. The van der Waals surface area contributed by atoms with Crippen LogP contribution in [0.25, 0.3) is 0 Å². The van der Waals surface area contributed by atoms with Crippen LogP contribution in [0.15, 0.2) is 30.3 Å². The predicted molar refractivity (Wildman–Crippen MR) is 94.9 cm³/mol. The number of hydrogen-bond acceptors (Lipinski definition) is 3. The summed E-state index contributed by atoms with van der Waals surface area (Å²) in [5.41, 5.74) is 7.29. The van der Waals surface area contributed by atoms with Crippen LogP contribution in [0.2, 0.25) is 0 Å². The molecule has 2 N–H and O–H groups in total. The molecule has 1 amide bonds. The Balaban J connectivity index is 2.00. The van der Waals surface area contributed by atoms with E-state index in [0.717, 1.165) is 19.6 Å². The fourth-order valence-electron chi connectivity index (χ4n) is 3.98. The van der Waals surface area contributed by atoms with Gasteiger partial charge in [0.05, 0.1) is 6.04 Å². The summed E-state index contributed by atoms with van der Waals surface area (Å²) in [5, 5.41) is 0. The molecule has 128 valence electrons. The molecule has 0 aliphatic carbocycles. The predicted octanol–water partition coefficient (Wildman–Crippen LogP) is 2.34. The zero-order valence-electron chi connectivity index (χ0n) is 14.9. The summed E-state index contributed by atoms with van der Waals surface area (Å²) in [7, 11) is 1.92. The lowest BCUT2D eigenvalue weighted by Crippen LogP contribution is -2.57. The minimum absolute atomic E-state index is 0.0766. The van der Waals surface area contributed by atoms with Gasteiger partial charge in [-0.2, -0.15) is 0 Å². The maximum absolute atomic E-state index is 12.4. The Morgan fingerprint density at radius 3 is 2.35 bits per heavy atom. The molecule has 4 nitrogen and oxygen atoms in total. The quantitative estimate of drug-likeness (QED) is 0.907. The van der Waals surface area contributed by atoms with E-state index < -0.39 is 0 Å². The smallest absolute Gasteiger partial charge is 0.239 e. The third-order valence-corrected chi connectivity index (χ3v) is 5.06. The van der Waals surface area contributed by atoms with E-state index in [0.29, 0.717) is 18.3 Å². The zero-order chi connectivity index (χ0) is 17.0. The lowest BCUT2D eigenvalue weighted by molar-refractivity contribution is -0.137. The zero-order valence-corrected chi connectivity index (χ0v) is 14.9. The van der Waals surface area contributed by atoms with Gasteiger partial charge in [0.2, 0.25) is 5.91 Å². The Labute approximate surface area is 140 Å². The van der Waals surface area contributed by atoms with Crippen LogP contribution < -0.4 is 5.73 Å². The number of piperidine rings is 1. The number of nitrogens with two attached hydrogens (primary N) is 1. The van der Waals surface area contributed by atoms with Gasteiger partial charge >= 0.3 is 0 Å². The lowest BCUT2D eigenvalue weighted by atomic mass is 9.84. The molecule has 0 saturated carbocycles. The van der Waals surface area contributed by atoms with Gasteiger partial charge in [-0.3, -0.25) is 9.69 Å². The first-order valence-corrected chi connectivity index (χ1v) is 8.72. The molecule has 1 aliphatic rings. The van der Waals surface area contributed by atoms with Gasteiger partial charge in [-0.25, -0.2) is 0 Å². The van der Waals surface area contributed by atoms with E-state index >= 15 is 0 Å². The number of carbonyl (C=O) groups is 1. The van der Waals surface area contributed by atoms with Crippen molar-refractivity contribution in [2.24, 2.45) is 17.6 Å². The molecule has 4 atom stereocenters. The highest BCUT2D eigenvalue weighted by Crippen LogP contribution is 2.27. The average molecular weight is 317 g/mol. The molecule has 0 bridgehead atoms. The monoisotopic (exact) mass is 317 g/mol. The van der Waals surface area contributed by atoms with Crippen molar-refractivity contribution in [3.63, 3.8) is 0 Å². The molecule has 1 unspecified atom stereocenters. The van der Waals surface area contributed by atoms with E-state index in [-0.39, 0.29) is 18.0 Å². The fraction of sp³-hybridized carbons (Fsp3) is 0.632. The van der Waals surface area contributed by atoms with Crippen molar-refractivity contribution >= 4 is 5.91 Å². The Bertz CT molecular complexity index is 493. The van der Waals surface area contributed by atoms with Gasteiger partial charge in [0.1, 0.15) is 0 Å². The van der Waals surface area contributed by atoms with Crippen LogP contribution in [0.4, 0.5) is 0 Å². The molecule has 1 aromatic carbocycles. The van der Waals surface area contributed by atoms with Gasteiger partial charge < -0.3 is 10.6 Å². The topological polar surface area (TPSA) is 49.6 Å². The Hall–Kier alpha value is -1.39. The van der Waals surface area contributed by atoms with Gasteiger partial charge in [0, 0.05) is 32.7 Å². The standard InChI is InChI=1S/C19H31N3O/c1-5-17(20)19(23)21(4)18-14(2)11-22(12-15(18)3)13-16-9-7-6-8-10-16/h6-10,14-15,17-18H,5,11-13,20H2,1-4H3/t14-,15+,17-,18?/m1/s1. The second-order valence-corrected chi connectivity index (χ2v) is 7.09. The van der Waals surface area contributed by atoms with Crippen LogP contribution in [-0.2, 0) is 11.3 Å². The summed E-state index contributed by atoms with van der Waals surface area (Å²) >= 11 is 0. The maximum atomic E-state index is 12.4. The first-order valence-electron chi connectivity index (χ1n) is 8.72. The molecule has 1 fully saturated rings. The van der Waals surface area contributed by atoms with Crippen molar-refractivity contribution in [2.45, 2.75) is 45.8 Å². The first kappa shape index (κ1) is 18.0. The maximum Gasteiger partial charge on any atom is 0.239 e. The van der Waals surface area contributed by atoms with Crippen molar-refractivity contribution in [3.8, 4) is 0 Å². The van der Waals surface area contributed by atoms with Crippen molar-refractivity contribution < 1.29 is 4.79 Å². The molecule has 0 radical (unpaired) electrons. The van der Waals surface area contributed by atoms with E-state index in [1.54, 1.807) is 0 Å². The number of amides is 1. The highest BCUT2D eigenvalue weighted by atomic mass is 16.2. The van der Waals surface area contributed by atoms with E-state index in [9.17, 15) is 4.79 Å². The Kier molecular flexibility index (Phi) is 6.19. The highest BCUT2D eigenvalue weighted by molar-refractivity contribution is 5.81. The van der Waals surface area contributed by atoms with Gasteiger partial charge in [0.15, 0.2) is 0 Å². The first-order chi connectivity index (χ1) is 10.9. The summed E-state index contributed by atoms with van der Waals surface area (Å²) in [6, 6.07) is 10.5. The highest BCUT2D eigenvalue weighted by Gasteiger charge is 2.37. The van der Waals surface area contributed by atoms with Crippen molar-refractivity contribution in [2.75, 3.05) is 20.1 Å². The van der Waals surface area contributed by atoms with E-state index in [1.807, 2.05) is 18.9 Å². The SMILES string of the molecule is CC[C@@H](N)C(=O)N(C)C1[C@H](C)CN(Cc2ccccc2)C[C@@H]1C. The number of likely N-dealkylation sites (tertiary alicyclic amines) is 1. The number of nitrogens with zero attached hydrogens (tertiary/aromatic N) is 2. The largest absolute Gasteiger partial charge is 0.341 e. The fourth-order valence-corrected chi connectivity index (χ4v) is 3.98. The molecule has 1 aliphatic heterocycles. The molecule has 23 heavy (non-hydrogen) atoms. The molecule has 4 heteroatoms. The second kappa shape index (κ2) is 7.93. The Morgan fingerprint density at radius 1 is 1.26 bits per heavy atom. The minimum atomic E-state index is -0.373.